The van der Waals surface area contributed by atoms with Gasteiger partial charge in [0.1, 0.15) is 5.75 Å². The van der Waals surface area contributed by atoms with Crippen LogP contribution in [0, 0.1) is 0 Å². The van der Waals surface area contributed by atoms with Crippen molar-refractivity contribution in [1.82, 2.24) is 14.9 Å². The molecule has 2 amide bonds. The van der Waals surface area contributed by atoms with E-state index >= 15 is 0 Å². The summed E-state index contributed by atoms with van der Waals surface area (Å²) in [5, 5.41) is 2.12. The first-order chi connectivity index (χ1) is 10.7. The number of methoxy groups -OCH3 is 1. The van der Waals surface area contributed by atoms with Gasteiger partial charge in [0.05, 0.1) is 13.4 Å². The monoisotopic (exact) mass is 301 g/mol. The molecule has 1 aliphatic heterocycles. The number of hydrogen-bond donors (Lipinski definition) is 1. The molecule has 1 aromatic carbocycles. The largest absolute Gasteiger partial charge is 0.496 e. The first kappa shape index (κ1) is 14.1. The SMILES string of the molecule is COc1ccc(CCn2ccnc2)cc1C1OC(=O)NC1=O. The Bertz CT molecular complexity index is 697. The number of amides is 2. The summed E-state index contributed by atoms with van der Waals surface area (Å²) in [6, 6.07) is 5.53. The highest BCUT2D eigenvalue weighted by Crippen LogP contribution is 2.31. The maximum Gasteiger partial charge on any atom is 0.415 e. The number of nitrogens with one attached hydrogen (secondary N) is 1. The number of carbonyl (C=O) groups is 2. The van der Waals surface area contributed by atoms with Crippen molar-refractivity contribution >= 4 is 12.0 Å². The summed E-state index contributed by atoms with van der Waals surface area (Å²) < 4.78 is 12.2. The summed E-state index contributed by atoms with van der Waals surface area (Å²) in [6.07, 6.45) is 4.42. The molecule has 0 bridgehead atoms. The van der Waals surface area contributed by atoms with Gasteiger partial charge in [-0.05, 0) is 24.1 Å². The molecule has 0 spiro atoms. The van der Waals surface area contributed by atoms with Crippen LogP contribution in [0.25, 0.3) is 0 Å². The predicted molar refractivity (Wildman–Crippen MR) is 76.3 cm³/mol. The van der Waals surface area contributed by atoms with Crippen LogP contribution >= 0.6 is 0 Å². The lowest BCUT2D eigenvalue weighted by atomic mass is 10.0. The Morgan fingerprint density at radius 3 is 2.91 bits per heavy atom. The molecular formula is C15H15N3O4. The summed E-state index contributed by atoms with van der Waals surface area (Å²) in [6.45, 7) is 0.766. The van der Waals surface area contributed by atoms with E-state index in [4.69, 9.17) is 9.47 Å². The molecule has 1 aromatic heterocycles. The molecule has 22 heavy (non-hydrogen) atoms. The first-order valence-electron chi connectivity index (χ1n) is 6.81. The summed E-state index contributed by atoms with van der Waals surface area (Å²) in [4.78, 5) is 27.0. The number of alkyl carbamates (subject to hydrolysis) is 1. The fourth-order valence-corrected chi connectivity index (χ4v) is 2.38. The molecule has 1 N–H and O–H groups in total. The van der Waals surface area contributed by atoms with E-state index in [0.717, 1.165) is 18.5 Å². The average Bonchev–Trinajstić information content (AvgIpc) is 3.14. The van der Waals surface area contributed by atoms with Crippen LogP contribution in [0.1, 0.15) is 17.2 Å². The number of hydrogen-bond acceptors (Lipinski definition) is 5. The van der Waals surface area contributed by atoms with Gasteiger partial charge in [0.2, 0.25) is 6.10 Å². The molecule has 1 unspecified atom stereocenters. The third-order valence-electron chi connectivity index (χ3n) is 3.48. The van der Waals surface area contributed by atoms with Crippen molar-refractivity contribution in [2.24, 2.45) is 0 Å². The number of nitrogens with zero attached hydrogens (tertiary/aromatic N) is 2. The smallest absolute Gasteiger partial charge is 0.415 e. The van der Waals surface area contributed by atoms with Gasteiger partial charge in [-0.1, -0.05) is 6.07 Å². The summed E-state index contributed by atoms with van der Waals surface area (Å²) in [5.74, 6) is 0.0382. The van der Waals surface area contributed by atoms with Gasteiger partial charge in [0.25, 0.3) is 5.91 Å². The second kappa shape index (κ2) is 5.88. The van der Waals surface area contributed by atoms with Gasteiger partial charge in [-0.15, -0.1) is 0 Å². The normalized spacial score (nSPS) is 17.2. The van der Waals surface area contributed by atoms with Crippen LogP contribution < -0.4 is 10.1 Å². The average molecular weight is 301 g/mol. The third kappa shape index (κ3) is 2.78. The van der Waals surface area contributed by atoms with Gasteiger partial charge < -0.3 is 14.0 Å². The maximum atomic E-state index is 11.8. The Morgan fingerprint density at radius 1 is 1.41 bits per heavy atom. The minimum Gasteiger partial charge on any atom is -0.496 e. The molecule has 7 heteroatoms. The zero-order chi connectivity index (χ0) is 15.5. The lowest BCUT2D eigenvalue weighted by molar-refractivity contribution is -0.123. The molecular weight excluding hydrogens is 286 g/mol. The summed E-state index contributed by atoms with van der Waals surface area (Å²) >= 11 is 0. The van der Waals surface area contributed by atoms with Gasteiger partial charge >= 0.3 is 6.09 Å². The maximum absolute atomic E-state index is 11.8. The zero-order valence-corrected chi connectivity index (χ0v) is 12.0. The Balaban J connectivity index is 1.83. The Hall–Kier alpha value is -2.83. The molecule has 0 radical (unpaired) electrons. The highest BCUT2D eigenvalue weighted by Gasteiger charge is 2.35. The number of aromatic nitrogens is 2. The fourth-order valence-electron chi connectivity index (χ4n) is 2.38. The first-order valence-corrected chi connectivity index (χ1v) is 6.81. The molecule has 7 nitrogen and oxygen atoms in total. The third-order valence-corrected chi connectivity index (χ3v) is 3.48. The van der Waals surface area contributed by atoms with Crippen LogP contribution in [-0.4, -0.2) is 28.7 Å². The minimum absolute atomic E-state index is 0.477. The van der Waals surface area contributed by atoms with Gasteiger partial charge in [0, 0.05) is 24.5 Å². The Labute approximate surface area is 126 Å². The van der Waals surface area contributed by atoms with Gasteiger partial charge in [0.15, 0.2) is 0 Å². The van der Waals surface area contributed by atoms with E-state index in [-0.39, 0.29) is 0 Å². The van der Waals surface area contributed by atoms with Crippen molar-refractivity contribution in [3.8, 4) is 5.75 Å². The number of carbonyl (C=O) groups excluding carboxylic acids is 2. The van der Waals surface area contributed by atoms with E-state index < -0.39 is 18.1 Å². The number of rotatable bonds is 5. The fraction of sp³-hybridized carbons (Fsp3) is 0.267. The van der Waals surface area contributed by atoms with Crippen molar-refractivity contribution in [3.63, 3.8) is 0 Å². The lowest BCUT2D eigenvalue weighted by Crippen LogP contribution is -2.20. The molecule has 2 heterocycles. The van der Waals surface area contributed by atoms with E-state index in [0.29, 0.717) is 11.3 Å². The number of cyclic esters (lactones) is 1. The highest BCUT2D eigenvalue weighted by molar-refractivity contribution is 6.00. The molecule has 0 saturated carbocycles. The topological polar surface area (TPSA) is 82.4 Å². The number of imidazole rings is 1. The van der Waals surface area contributed by atoms with Crippen LogP contribution in [0.15, 0.2) is 36.9 Å². The number of ether oxygens (including phenoxy) is 2. The minimum atomic E-state index is -0.962. The molecule has 1 atom stereocenters. The zero-order valence-electron chi connectivity index (χ0n) is 12.0. The van der Waals surface area contributed by atoms with E-state index in [1.165, 1.54) is 7.11 Å². The quantitative estimate of drug-likeness (QED) is 0.903. The van der Waals surface area contributed by atoms with E-state index in [1.807, 2.05) is 22.9 Å². The molecule has 0 aliphatic carbocycles. The van der Waals surface area contributed by atoms with Crippen molar-refractivity contribution in [3.05, 3.63) is 48.0 Å². The Kier molecular flexibility index (Phi) is 3.78. The van der Waals surface area contributed by atoms with E-state index in [9.17, 15) is 9.59 Å². The molecule has 114 valence electrons. The second-order valence-electron chi connectivity index (χ2n) is 4.90. The van der Waals surface area contributed by atoms with Crippen LogP contribution in [-0.2, 0) is 22.5 Å². The van der Waals surface area contributed by atoms with E-state index in [2.05, 4.69) is 10.3 Å². The van der Waals surface area contributed by atoms with Gasteiger partial charge in [-0.3, -0.25) is 10.1 Å². The standard InChI is InChI=1S/C15H15N3O4/c1-21-12-3-2-10(4-6-18-7-5-16-9-18)8-11(12)13-14(19)17-15(20)22-13/h2-3,5,7-9,13H,4,6H2,1H3,(H,17,19,20). The van der Waals surface area contributed by atoms with E-state index in [1.54, 1.807) is 18.6 Å². The molecule has 1 aliphatic rings. The lowest BCUT2D eigenvalue weighted by Gasteiger charge is -2.14. The van der Waals surface area contributed by atoms with Crippen LogP contribution in [0.2, 0.25) is 0 Å². The van der Waals surface area contributed by atoms with Crippen LogP contribution in [0.4, 0.5) is 4.79 Å². The Morgan fingerprint density at radius 2 is 2.27 bits per heavy atom. The van der Waals surface area contributed by atoms with Crippen molar-refractivity contribution in [2.45, 2.75) is 19.1 Å². The van der Waals surface area contributed by atoms with Crippen molar-refractivity contribution in [2.75, 3.05) is 7.11 Å². The summed E-state index contributed by atoms with van der Waals surface area (Å²) in [7, 11) is 1.51. The number of aryl methyl sites for hydroxylation is 2. The van der Waals surface area contributed by atoms with Crippen LogP contribution in [0.3, 0.4) is 0 Å². The molecule has 1 fully saturated rings. The van der Waals surface area contributed by atoms with Crippen molar-refractivity contribution < 1.29 is 19.1 Å². The summed E-state index contributed by atoms with van der Waals surface area (Å²) in [5.41, 5.74) is 1.56. The second-order valence-corrected chi connectivity index (χ2v) is 4.90. The van der Waals surface area contributed by atoms with Gasteiger partial charge in [-0.2, -0.15) is 0 Å². The van der Waals surface area contributed by atoms with Crippen LogP contribution in [0.5, 0.6) is 5.75 Å². The number of benzene rings is 1. The predicted octanol–water partition coefficient (Wildman–Crippen LogP) is 1.44. The highest BCUT2D eigenvalue weighted by atomic mass is 16.6. The number of imide groups is 1. The molecule has 3 rings (SSSR count). The van der Waals surface area contributed by atoms with Gasteiger partial charge in [-0.25, -0.2) is 9.78 Å². The molecule has 2 aromatic rings. The molecule has 1 saturated heterocycles. The van der Waals surface area contributed by atoms with Crippen molar-refractivity contribution in [1.29, 1.82) is 0 Å².